The number of aromatic nitrogens is 2. The fourth-order valence-electron chi connectivity index (χ4n) is 3.95. The molecule has 1 fully saturated rings. The van der Waals surface area contributed by atoms with Crippen LogP contribution in [0.4, 0.5) is 5.69 Å². The Morgan fingerprint density at radius 3 is 2.61 bits per heavy atom. The normalized spacial score (nSPS) is 17.4. The topological polar surface area (TPSA) is 76.5 Å². The number of piperidine rings is 1. The van der Waals surface area contributed by atoms with Crippen molar-refractivity contribution in [2.24, 2.45) is 13.0 Å². The quantitative estimate of drug-likeness (QED) is 0.775. The Labute approximate surface area is 165 Å². The van der Waals surface area contributed by atoms with Gasteiger partial charge in [-0.2, -0.15) is 5.10 Å². The number of hydrogen-bond acceptors (Lipinski definition) is 5. The van der Waals surface area contributed by atoms with Gasteiger partial charge < -0.3 is 10.1 Å². The second-order valence-electron chi connectivity index (χ2n) is 7.53. The molecule has 1 aliphatic rings. The van der Waals surface area contributed by atoms with E-state index in [0.29, 0.717) is 12.2 Å². The highest BCUT2D eigenvalue weighted by molar-refractivity contribution is 5.98. The van der Waals surface area contributed by atoms with Gasteiger partial charge in [-0.3, -0.25) is 19.2 Å². The van der Waals surface area contributed by atoms with Crippen LogP contribution in [0, 0.1) is 19.8 Å². The van der Waals surface area contributed by atoms with Crippen LogP contribution in [0.2, 0.25) is 0 Å². The number of hydrogen-bond donors (Lipinski definition) is 1. The van der Waals surface area contributed by atoms with Gasteiger partial charge in [0.15, 0.2) is 5.78 Å². The Hall–Kier alpha value is -2.67. The summed E-state index contributed by atoms with van der Waals surface area (Å²) in [6.45, 7) is 5.62. The number of rotatable bonds is 6. The second-order valence-corrected chi connectivity index (χ2v) is 7.53. The number of anilines is 1. The molecule has 1 aromatic heterocycles. The number of aryl methyl sites for hydroxylation is 3. The number of likely N-dealkylation sites (tertiary alicyclic amines) is 1. The van der Waals surface area contributed by atoms with Crippen molar-refractivity contribution in [3.63, 3.8) is 0 Å². The van der Waals surface area contributed by atoms with Crippen LogP contribution in [0.15, 0.2) is 24.5 Å². The van der Waals surface area contributed by atoms with Gasteiger partial charge in [0.2, 0.25) is 5.91 Å². The summed E-state index contributed by atoms with van der Waals surface area (Å²) >= 11 is 0. The average Bonchev–Trinajstić information content (AvgIpc) is 3.05. The highest BCUT2D eigenvalue weighted by atomic mass is 16.5. The molecule has 1 saturated heterocycles. The minimum absolute atomic E-state index is 0.0859. The molecular weight excluding hydrogens is 356 g/mol. The van der Waals surface area contributed by atoms with Crippen LogP contribution in [0.3, 0.4) is 0 Å². The van der Waals surface area contributed by atoms with E-state index in [1.807, 2.05) is 26.0 Å². The molecule has 3 rings (SSSR count). The standard InChI is InChI=1S/C21H28N4O3/c1-14-8-17(9-15(2)21(14)28-4)20(27)16-6-5-7-25(11-16)13-19(26)23-18-10-22-24(3)12-18/h8-10,12,16H,5-7,11,13H2,1-4H3,(H,23,26)/t16-/m1/s1. The van der Waals surface area contributed by atoms with Crippen molar-refractivity contribution in [3.05, 3.63) is 41.2 Å². The minimum atomic E-state index is -0.0906. The lowest BCUT2D eigenvalue weighted by Crippen LogP contribution is -2.42. The predicted octanol–water partition coefficient (Wildman–Crippen LogP) is 2.58. The Morgan fingerprint density at radius 1 is 1.29 bits per heavy atom. The van der Waals surface area contributed by atoms with Crippen molar-refractivity contribution in [2.45, 2.75) is 26.7 Å². The third kappa shape index (κ3) is 4.59. The summed E-state index contributed by atoms with van der Waals surface area (Å²) in [7, 11) is 3.45. The molecule has 0 aliphatic carbocycles. The zero-order chi connectivity index (χ0) is 20.3. The largest absolute Gasteiger partial charge is 0.496 e. The van der Waals surface area contributed by atoms with Crippen LogP contribution in [0.5, 0.6) is 5.75 Å². The van der Waals surface area contributed by atoms with Crippen molar-refractivity contribution < 1.29 is 14.3 Å². The zero-order valence-electron chi connectivity index (χ0n) is 17.0. The number of ether oxygens (including phenoxy) is 1. The van der Waals surface area contributed by atoms with E-state index in [2.05, 4.69) is 15.3 Å². The third-order valence-corrected chi connectivity index (χ3v) is 5.18. The van der Waals surface area contributed by atoms with Crippen molar-refractivity contribution in [2.75, 3.05) is 32.1 Å². The Kier molecular flexibility index (Phi) is 6.14. The van der Waals surface area contributed by atoms with Gasteiger partial charge in [-0.1, -0.05) is 0 Å². The van der Waals surface area contributed by atoms with Gasteiger partial charge >= 0.3 is 0 Å². The van der Waals surface area contributed by atoms with Crippen LogP contribution < -0.4 is 10.1 Å². The molecule has 2 heterocycles. The number of nitrogens with zero attached hydrogens (tertiary/aromatic N) is 3. The summed E-state index contributed by atoms with van der Waals surface area (Å²) in [6.07, 6.45) is 5.14. The highest BCUT2D eigenvalue weighted by Crippen LogP contribution is 2.27. The monoisotopic (exact) mass is 384 g/mol. The Bertz CT molecular complexity index is 851. The molecule has 1 N–H and O–H groups in total. The van der Waals surface area contributed by atoms with Gasteiger partial charge in [0.1, 0.15) is 5.75 Å². The number of methoxy groups -OCH3 is 1. The molecule has 1 amide bonds. The first-order valence-corrected chi connectivity index (χ1v) is 9.57. The van der Waals surface area contributed by atoms with Gasteiger partial charge in [-0.05, 0) is 56.5 Å². The first-order valence-electron chi connectivity index (χ1n) is 9.57. The number of amides is 1. The summed E-state index contributed by atoms with van der Waals surface area (Å²) in [5, 5.41) is 6.90. The molecule has 2 aromatic rings. The van der Waals surface area contributed by atoms with Crippen LogP contribution in [-0.4, -0.2) is 53.1 Å². The maximum Gasteiger partial charge on any atom is 0.238 e. The van der Waals surface area contributed by atoms with Crippen molar-refractivity contribution in [1.82, 2.24) is 14.7 Å². The molecule has 150 valence electrons. The number of ketones is 1. The molecular formula is C21H28N4O3. The number of Topliss-reactive ketones (excluding diaryl/α,β-unsaturated/α-hetero) is 1. The maximum atomic E-state index is 13.0. The summed E-state index contributed by atoms with van der Waals surface area (Å²) < 4.78 is 7.04. The molecule has 0 radical (unpaired) electrons. The third-order valence-electron chi connectivity index (χ3n) is 5.18. The van der Waals surface area contributed by atoms with Crippen LogP contribution >= 0.6 is 0 Å². The Morgan fingerprint density at radius 2 is 2.00 bits per heavy atom. The van der Waals surface area contributed by atoms with Crippen LogP contribution in [0.1, 0.15) is 34.3 Å². The van der Waals surface area contributed by atoms with Gasteiger partial charge in [-0.15, -0.1) is 0 Å². The van der Waals surface area contributed by atoms with E-state index >= 15 is 0 Å². The fraction of sp³-hybridized carbons (Fsp3) is 0.476. The Balaban J connectivity index is 1.62. The number of carbonyl (C=O) groups excluding carboxylic acids is 2. The first kappa shape index (κ1) is 20.1. The van der Waals surface area contributed by atoms with E-state index in [-0.39, 0.29) is 24.2 Å². The lowest BCUT2D eigenvalue weighted by molar-refractivity contribution is -0.117. The minimum Gasteiger partial charge on any atom is -0.496 e. The number of carbonyl (C=O) groups is 2. The molecule has 1 atom stereocenters. The molecule has 1 aromatic carbocycles. The van der Waals surface area contributed by atoms with E-state index in [4.69, 9.17) is 4.74 Å². The summed E-state index contributed by atoms with van der Waals surface area (Å²) in [4.78, 5) is 27.4. The molecule has 7 heteroatoms. The number of benzene rings is 1. The first-order chi connectivity index (χ1) is 13.4. The molecule has 0 unspecified atom stereocenters. The number of nitrogens with one attached hydrogen (secondary N) is 1. The van der Waals surface area contributed by atoms with Gasteiger partial charge in [-0.25, -0.2) is 0 Å². The zero-order valence-corrected chi connectivity index (χ0v) is 17.0. The lowest BCUT2D eigenvalue weighted by Gasteiger charge is -2.31. The molecule has 7 nitrogen and oxygen atoms in total. The summed E-state index contributed by atoms with van der Waals surface area (Å²) in [5.74, 6) is 0.796. The second kappa shape index (κ2) is 8.56. The smallest absolute Gasteiger partial charge is 0.238 e. The van der Waals surface area contributed by atoms with Gasteiger partial charge in [0.25, 0.3) is 0 Å². The molecule has 28 heavy (non-hydrogen) atoms. The fourth-order valence-corrected chi connectivity index (χ4v) is 3.95. The van der Waals surface area contributed by atoms with E-state index < -0.39 is 0 Å². The van der Waals surface area contributed by atoms with Crippen molar-refractivity contribution in [1.29, 1.82) is 0 Å². The average molecular weight is 384 g/mol. The maximum absolute atomic E-state index is 13.0. The highest BCUT2D eigenvalue weighted by Gasteiger charge is 2.28. The van der Waals surface area contributed by atoms with E-state index in [0.717, 1.165) is 41.8 Å². The predicted molar refractivity (Wildman–Crippen MR) is 108 cm³/mol. The van der Waals surface area contributed by atoms with E-state index in [9.17, 15) is 9.59 Å². The lowest BCUT2D eigenvalue weighted by atomic mass is 9.88. The molecule has 1 aliphatic heterocycles. The van der Waals surface area contributed by atoms with Crippen LogP contribution in [-0.2, 0) is 11.8 Å². The van der Waals surface area contributed by atoms with E-state index in [1.54, 1.807) is 31.2 Å². The molecule has 0 spiro atoms. The molecule has 0 saturated carbocycles. The van der Waals surface area contributed by atoms with Crippen molar-refractivity contribution >= 4 is 17.4 Å². The van der Waals surface area contributed by atoms with Gasteiger partial charge in [0.05, 0.1) is 25.5 Å². The summed E-state index contributed by atoms with van der Waals surface area (Å²) in [6, 6.07) is 3.81. The van der Waals surface area contributed by atoms with Crippen LogP contribution in [0.25, 0.3) is 0 Å². The molecule has 0 bridgehead atoms. The van der Waals surface area contributed by atoms with E-state index in [1.165, 1.54) is 0 Å². The summed E-state index contributed by atoms with van der Waals surface area (Å²) in [5.41, 5.74) is 3.34. The van der Waals surface area contributed by atoms with Gasteiger partial charge in [0, 0.05) is 31.3 Å². The van der Waals surface area contributed by atoms with Crippen molar-refractivity contribution in [3.8, 4) is 5.75 Å². The SMILES string of the molecule is COc1c(C)cc(C(=O)[C@@H]2CCCN(CC(=O)Nc3cnn(C)c3)C2)cc1C.